The van der Waals surface area contributed by atoms with Crippen molar-refractivity contribution >= 4 is 11.7 Å². The first-order valence-corrected chi connectivity index (χ1v) is 11.0. The summed E-state index contributed by atoms with van der Waals surface area (Å²) in [5.41, 5.74) is 1.51. The van der Waals surface area contributed by atoms with Crippen molar-refractivity contribution in [3.63, 3.8) is 0 Å². The van der Waals surface area contributed by atoms with Crippen LogP contribution in [-0.4, -0.2) is 53.9 Å². The van der Waals surface area contributed by atoms with Crippen molar-refractivity contribution in [3.05, 3.63) is 53.7 Å². The molecule has 0 radical (unpaired) electrons. The van der Waals surface area contributed by atoms with E-state index in [-0.39, 0.29) is 6.03 Å². The summed E-state index contributed by atoms with van der Waals surface area (Å²) >= 11 is 0. The summed E-state index contributed by atoms with van der Waals surface area (Å²) in [7, 11) is 1.81. The number of amides is 2. The first-order chi connectivity index (χ1) is 15.0. The summed E-state index contributed by atoms with van der Waals surface area (Å²) in [6, 6.07) is 13.6. The average Bonchev–Trinajstić information content (AvgIpc) is 3.23. The van der Waals surface area contributed by atoms with Crippen LogP contribution in [0.3, 0.4) is 0 Å². The second-order valence-corrected chi connectivity index (χ2v) is 8.49. The number of nitrogens with zero attached hydrogens (tertiary/aromatic N) is 3. The minimum Gasteiger partial charge on any atom is -0.473 e. The SMILES string of the molecule is C[C@@H]1CCCN1C(=O)N(C)c1ccc(COc2cccc(C3(O)CCOCC3)n2)cc1. The maximum atomic E-state index is 12.7. The third-order valence-electron chi connectivity index (χ3n) is 6.32. The lowest BCUT2D eigenvalue weighted by Crippen LogP contribution is -2.42. The van der Waals surface area contributed by atoms with E-state index in [1.807, 2.05) is 48.3 Å². The van der Waals surface area contributed by atoms with Crippen LogP contribution in [0, 0.1) is 0 Å². The molecule has 2 fully saturated rings. The number of likely N-dealkylation sites (tertiary alicyclic amines) is 1. The molecule has 4 rings (SSSR count). The number of hydrogen-bond donors (Lipinski definition) is 1. The number of benzene rings is 1. The van der Waals surface area contributed by atoms with Crippen LogP contribution >= 0.6 is 0 Å². The molecule has 2 aliphatic heterocycles. The van der Waals surface area contributed by atoms with Gasteiger partial charge in [-0.2, -0.15) is 0 Å². The lowest BCUT2D eigenvalue weighted by molar-refractivity contribution is -0.0708. The molecule has 31 heavy (non-hydrogen) atoms. The summed E-state index contributed by atoms with van der Waals surface area (Å²) in [5, 5.41) is 10.8. The fourth-order valence-electron chi connectivity index (χ4n) is 4.21. The molecule has 2 aromatic rings. The highest BCUT2D eigenvalue weighted by Crippen LogP contribution is 2.31. The molecule has 7 heteroatoms. The van der Waals surface area contributed by atoms with Crippen LogP contribution in [0.25, 0.3) is 0 Å². The van der Waals surface area contributed by atoms with Crippen molar-refractivity contribution in [1.82, 2.24) is 9.88 Å². The first kappa shape index (κ1) is 21.6. The second kappa shape index (κ2) is 9.24. The van der Waals surface area contributed by atoms with Crippen molar-refractivity contribution < 1.29 is 19.4 Å². The fraction of sp³-hybridized carbons (Fsp3) is 0.500. The van der Waals surface area contributed by atoms with Gasteiger partial charge in [-0.3, -0.25) is 4.90 Å². The lowest BCUT2D eigenvalue weighted by Gasteiger charge is -2.31. The van der Waals surface area contributed by atoms with Gasteiger partial charge in [-0.05, 0) is 43.5 Å². The number of carbonyl (C=O) groups is 1. The Balaban J connectivity index is 1.36. The maximum absolute atomic E-state index is 12.7. The molecular weight excluding hydrogens is 394 g/mol. The van der Waals surface area contributed by atoms with E-state index in [0.29, 0.717) is 50.3 Å². The number of anilines is 1. The summed E-state index contributed by atoms with van der Waals surface area (Å²) in [4.78, 5) is 20.9. The Hall–Kier alpha value is -2.64. The molecule has 7 nitrogen and oxygen atoms in total. The maximum Gasteiger partial charge on any atom is 0.324 e. The number of hydrogen-bond acceptors (Lipinski definition) is 5. The Kier molecular flexibility index (Phi) is 6.43. The molecule has 1 aromatic carbocycles. The summed E-state index contributed by atoms with van der Waals surface area (Å²) in [6.45, 7) is 4.35. The Labute approximate surface area is 183 Å². The van der Waals surface area contributed by atoms with Gasteiger partial charge in [0.15, 0.2) is 0 Å². The van der Waals surface area contributed by atoms with Crippen LogP contribution in [-0.2, 0) is 16.9 Å². The first-order valence-electron chi connectivity index (χ1n) is 11.0. The molecule has 0 unspecified atom stereocenters. The zero-order valence-corrected chi connectivity index (χ0v) is 18.3. The summed E-state index contributed by atoms with van der Waals surface area (Å²) in [5.74, 6) is 0.483. The molecule has 1 aromatic heterocycles. The fourth-order valence-corrected chi connectivity index (χ4v) is 4.21. The molecule has 2 saturated heterocycles. The van der Waals surface area contributed by atoms with Crippen LogP contribution in [0.1, 0.15) is 43.9 Å². The van der Waals surface area contributed by atoms with E-state index < -0.39 is 5.60 Å². The predicted molar refractivity (Wildman–Crippen MR) is 118 cm³/mol. The number of carbonyl (C=O) groups excluding carboxylic acids is 1. The van der Waals surface area contributed by atoms with E-state index in [4.69, 9.17) is 9.47 Å². The standard InChI is InChI=1S/C24H31N3O4/c1-18-5-4-14-27(18)23(28)26(2)20-10-8-19(9-11-20)17-31-22-7-3-6-21(25-22)24(29)12-15-30-16-13-24/h3,6-11,18,29H,4-5,12-17H2,1-2H3/t18-/m1/s1. The van der Waals surface area contributed by atoms with Gasteiger partial charge in [-0.15, -0.1) is 0 Å². The van der Waals surface area contributed by atoms with E-state index in [1.165, 1.54) is 0 Å². The van der Waals surface area contributed by atoms with Gasteiger partial charge in [0.2, 0.25) is 5.88 Å². The minimum absolute atomic E-state index is 0.0426. The Morgan fingerprint density at radius 1 is 1.26 bits per heavy atom. The van der Waals surface area contributed by atoms with Crippen molar-refractivity contribution in [2.45, 2.75) is 50.9 Å². The van der Waals surface area contributed by atoms with Crippen LogP contribution in [0.4, 0.5) is 10.5 Å². The number of aromatic nitrogens is 1. The number of pyridine rings is 1. The van der Waals surface area contributed by atoms with E-state index in [2.05, 4.69) is 11.9 Å². The highest BCUT2D eigenvalue weighted by atomic mass is 16.5. The van der Waals surface area contributed by atoms with E-state index in [9.17, 15) is 9.90 Å². The molecule has 1 N–H and O–H groups in total. The normalized spacial score (nSPS) is 20.5. The average molecular weight is 426 g/mol. The Morgan fingerprint density at radius 2 is 2.00 bits per heavy atom. The third kappa shape index (κ3) is 4.83. The summed E-state index contributed by atoms with van der Waals surface area (Å²) in [6.07, 6.45) is 3.20. The van der Waals surface area contributed by atoms with E-state index in [1.54, 1.807) is 11.0 Å². The topological polar surface area (TPSA) is 75.1 Å². The number of rotatable bonds is 5. The summed E-state index contributed by atoms with van der Waals surface area (Å²) < 4.78 is 11.2. The Bertz CT molecular complexity index is 896. The molecule has 2 amide bonds. The monoisotopic (exact) mass is 425 g/mol. The molecule has 0 bridgehead atoms. The number of urea groups is 1. The molecular formula is C24H31N3O4. The number of ether oxygens (including phenoxy) is 2. The van der Waals surface area contributed by atoms with Crippen LogP contribution < -0.4 is 9.64 Å². The quantitative estimate of drug-likeness (QED) is 0.791. The van der Waals surface area contributed by atoms with Gasteiger partial charge in [0.1, 0.15) is 12.2 Å². The molecule has 0 spiro atoms. The second-order valence-electron chi connectivity index (χ2n) is 8.49. The molecule has 2 aliphatic rings. The molecule has 166 valence electrons. The van der Waals surface area contributed by atoms with E-state index in [0.717, 1.165) is 30.6 Å². The van der Waals surface area contributed by atoms with Gasteiger partial charge in [0, 0.05) is 57.4 Å². The van der Waals surface area contributed by atoms with Crippen molar-refractivity contribution in [1.29, 1.82) is 0 Å². The van der Waals surface area contributed by atoms with E-state index >= 15 is 0 Å². The van der Waals surface area contributed by atoms with Gasteiger partial charge in [0.05, 0.1) is 5.69 Å². The largest absolute Gasteiger partial charge is 0.473 e. The lowest BCUT2D eigenvalue weighted by atomic mass is 9.90. The highest BCUT2D eigenvalue weighted by Gasteiger charge is 2.33. The molecule has 0 aliphatic carbocycles. The van der Waals surface area contributed by atoms with Gasteiger partial charge in [0.25, 0.3) is 0 Å². The van der Waals surface area contributed by atoms with Gasteiger partial charge >= 0.3 is 6.03 Å². The predicted octanol–water partition coefficient (Wildman–Crippen LogP) is 3.70. The van der Waals surface area contributed by atoms with Gasteiger partial charge in [-0.1, -0.05) is 18.2 Å². The van der Waals surface area contributed by atoms with Crippen molar-refractivity contribution in [2.24, 2.45) is 0 Å². The van der Waals surface area contributed by atoms with Crippen molar-refractivity contribution in [3.8, 4) is 5.88 Å². The number of aliphatic hydroxyl groups is 1. The van der Waals surface area contributed by atoms with Gasteiger partial charge < -0.3 is 19.5 Å². The Morgan fingerprint density at radius 3 is 2.68 bits per heavy atom. The van der Waals surface area contributed by atoms with Crippen LogP contribution in [0.2, 0.25) is 0 Å². The highest BCUT2D eigenvalue weighted by molar-refractivity contribution is 5.91. The zero-order valence-electron chi connectivity index (χ0n) is 18.3. The van der Waals surface area contributed by atoms with Crippen LogP contribution in [0.15, 0.2) is 42.5 Å². The third-order valence-corrected chi connectivity index (χ3v) is 6.32. The van der Waals surface area contributed by atoms with Gasteiger partial charge in [-0.25, -0.2) is 9.78 Å². The smallest absolute Gasteiger partial charge is 0.324 e. The molecule has 1 atom stereocenters. The zero-order chi connectivity index (χ0) is 21.8. The minimum atomic E-state index is -0.955. The van der Waals surface area contributed by atoms with Crippen molar-refractivity contribution in [2.75, 3.05) is 31.7 Å². The molecule has 0 saturated carbocycles. The van der Waals surface area contributed by atoms with Crippen LogP contribution in [0.5, 0.6) is 5.88 Å². The molecule has 3 heterocycles.